The minimum absolute atomic E-state index is 0.931. The van der Waals surface area contributed by atoms with Gasteiger partial charge in [0.25, 0.3) is 0 Å². The lowest BCUT2D eigenvalue weighted by Crippen LogP contribution is -2.33. The monoisotopic (exact) mass is 255 g/mol. The number of rotatable bonds is 5. The molecule has 19 heavy (non-hydrogen) atoms. The Balaban J connectivity index is 2.04. The molecule has 0 aliphatic carbocycles. The summed E-state index contributed by atoms with van der Waals surface area (Å²) in [5.41, 5.74) is 3.99. The van der Waals surface area contributed by atoms with Crippen LogP contribution in [0.4, 0.5) is 5.69 Å². The van der Waals surface area contributed by atoms with Gasteiger partial charge in [-0.05, 0) is 24.1 Å². The molecule has 1 heterocycles. The maximum absolute atomic E-state index is 2.23. The van der Waals surface area contributed by atoms with Gasteiger partial charge in [0.2, 0.25) is 0 Å². The predicted octanol–water partition coefficient (Wildman–Crippen LogP) is 3.04. The highest BCUT2D eigenvalue weighted by Gasteiger charge is 2.03. The third-order valence-corrected chi connectivity index (χ3v) is 3.32. The van der Waals surface area contributed by atoms with Gasteiger partial charge in [-0.3, -0.25) is 0 Å². The molecule has 100 valence electrons. The quantitative estimate of drug-likeness (QED) is 0.745. The van der Waals surface area contributed by atoms with Crippen molar-refractivity contribution in [3.63, 3.8) is 0 Å². The van der Waals surface area contributed by atoms with Gasteiger partial charge in [0.1, 0.15) is 0 Å². The second-order valence-corrected chi connectivity index (χ2v) is 5.19. The molecule has 0 aliphatic rings. The zero-order chi connectivity index (χ0) is 13.7. The van der Waals surface area contributed by atoms with Crippen molar-refractivity contribution < 1.29 is 4.57 Å². The van der Waals surface area contributed by atoms with Crippen molar-refractivity contribution in [2.45, 2.75) is 26.3 Å². The number of aromatic nitrogens is 1. The van der Waals surface area contributed by atoms with Crippen molar-refractivity contribution in [1.82, 2.24) is 0 Å². The predicted molar refractivity (Wildman–Crippen MR) is 80.5 cm³/mol. The van der Waals surface area contributed by atoms with Crippen molar-refractivity contribution in [2.24, 2.45) is 0 Å². The van der Waals surface area contributed by atoms with E-state index in [1.54, 1.807) is 0 Å². The van der Waals surface area contributed by atoms with E-state index in [0.29, 0.717) is 0 Å². The molecule has 0 bridgehead atoms. The molecular weight excluding hydrogens is 232 g/mol. The van der Waals surface area contributed by atoms with Crippen LogP contribution in [0.15, 0.2) is 48.8 Å². The van der Waals surface area contributed by atoms with Gasteiger partial charge in [-0.2, -0.15) is 0 Å². The number of hydrogen-bond acceptors (Lipinski definition) is 1. The third-order valence-electron chi connectivity index (χ3n) is 3.32. The van der Waals surface area contributed by atoms with Crippen molar-refractivity contribution >= 4 is 5.69 Å². The molecule has 2 rings (SSSR count). The van der Waals surface area contributed by atoms with Crippen LogP contribution in [0.3, 0.4) is 0 Å². The maximum Gasteiger partial charge on any atom is 0.173 e. The highest BCUT2D eigenvalue weighted by molar-refractivity contribution is 5.45. The molecule has 0 fully saturated rings. The van der Waals surface area contributed by atoms with E-state index in [-0.39, 0.29) is 0 Å². The fraction of sp³-hybridized carbons (Fsp3) is 0.353. The van der Waals surface area contributed by atoms with Gasteiger partial charge in [-0.25, -0.2) is 4.57 Å². The molecule has 0 aliphatic heterocycles. The van der Waals surface area contributed by atoms with Gasteiger partial charge in [0.05, 0.1) is 0 Å². The fourth-order valence-corrected chi connectivity index (χ4v) is 2.16. The van der Waals surface area contributed by atoms with E-state index in [2.05, 4.69) is 79.3 Å². The lowest BCUT2D eigenvalue weighted by molar-refractivity contribution is -0.688. The minimum Gasteiger partial charge on any atom is -0.378 e. The number of pyridine rings is 1. The number of anilines is 1. The standard InChI is InChI=1S/C17H23N2/c1-4-5-15-10-12-19(13-11-15)14-16-6-8-17(9-7-16)18(2)3/h6-13H,4-5,14H2,1-3H3/q+1. The Morgan fingerprint density at radius 3 is 2.05 bits per heavy atom. The second kappa shape index (κ2) is 6.37. The Bertz CT molecular complexity index is 498. The first kappa shape index (κ1) is 13.6. The molecule has 2 aromatic rings. The van der Waals surface area contributed by atoms with E-state index in [9.17, 15) is 0 Å². The molecule has 1 aromatic heterocycles. The van der Waals surface area contributed by atoms with Crippen molar-refractivity contribution in [3.8, 4) is 0 Å². The Kier molecular flexibility index (Phi) is 4.56. The Labute approximate surface area is 116 Å². The summed E-state index contributed by atoms with van der Waals surface area (Å²) in [6.45, 7) is 3.15. The lowest BCUT2D eigenvalue weighted by Gasteiger charge is -2.12. The first-order chi connectivity index (χ1) is 9.19. The van der Waals surface area contributed by atoms with E-state index in [4.69, 9.17) is 0 Å². The lowest BCUT2D eigenvalue weighted by atomic mass is 10.1. The normalized spacial score (nSPS) is 10.5. The third kappa shape index (κ3) is 3.82. The largest absolute Gasteiger partial charge is 0.378 e. The summed E-state index contributed by atoms with van der Waals surface area (Å²) in [4.78, 5) is 2.12. The van der Waals surface area contributed by atoms with Crippen molar-refractivity contribution in [3.05, 3.63) is 59.9 Å². The molecule has 0 saturated heterocycles. The van der Waals surface area contributed by atoms with Crippen LogP contribution in [0.1, 0.15) is 24.5 Å². The van der Waals surface area contributed by atoms with Gasteiger partial charge < -0.3 is 4.90 Å². The number of aryl methyl sites for hydroxylation is 1. The molecule has 2 nitrogen and oxygen atoms in total. The summed E-state index contributed by atoms with van der Waals surface area (Å²) in [7, 11) is 4.13. The Hall–Kier alpha value is -1.83. The number of hydrogen-bond donors (Lipinski definition) is 0. The van der Waals surface area contributed by atoms with E-state index in [1.165, 1.54) is 29.7 Å². The van der Waals surface area contributed by atoms with E-state index >= 15 is 0 Å². The van der Waals surface area contributed by atoms with Gasteiger partial charge >= 0.3 is 0 Å². The average molecular weight is 255 g/mol. The van der Waals surface area contributed by atoms with Crippen LogP contribution in [0.25, 0.3) is 0 Å². The number of benzene rings is 1. The summed E-state index contributed by atoms with van der Waals surface area (Å²) in [5.74, 6) is 0. The minimum atomic E-state index is 0.931. The molecule has 0 N–H and O–H groups in total. The first-order valence-corrected chi connectivity index (χ1v) is 6.93. The smallest absolute Gasteiger partial charge is 0.173 e. The van der Waals surface area contributed by atoms with Gasteiger partial charge in [0, 0.05) is 37.5 Å². The molecule has 0 amide bonds. The van der Waals surface area contributed by atoms with Crippen LogP contribution < -0.4 is 9.47 Å². The van der Waals surface area contributed by atoms with E-state index in [0.717, 1.165) is 6.54 Å². The molecule has 0 spiro atoms. The fourth-order valence-electron chi connectivity index (χ4n) is 2.16. The first-order valence-electron chi connectivity index (χ1n) is 6.93. The number of nitrogens with zero attached hydrogens (tertiary/aromatic N) is 2. The molecular formula is C17H23N2+. The average Bonchev–Trinajstić information content (AvgIpc) is 2.42. The van der Waals surface area contributed by atoms with Crippen LogP contribution >= 0.6 is 0 Å². The maximum atomic E-state index is 2.23. The summed E-state index contributed by atoms with van der Waals surface area (Å²) in [6.07, 6.45) is 6.71. The second-order valence-electron chi connectivity index (χ2n) is 5.19. The van der Waals surface area contributed by atoms with Crippen LogP contribution in [0.2, 0.25) is 0 Å². The summed E-state index contributed by atoms with van der Waals surface area (Å²) in [6, 6.07) is 13.2. The molecule has 0 unspecified atom stereocenters. The summed E-state index contributed by atoms with van der Waals surface area (Å²) >= 11 is 0. The van der Waals surface area contributed by atoms with Crippen molar-refractivity contribution in [1.29, 1.82) is 0 Å². The zero-order valence-corrected chi connectivity index (χ0v) is 12.1. The van der Waals surface area contributed by atoms with Crippen LogP contribution in [-0.2, 0) is 13.0 Å². The molecule has 0 saturated carbocycles. The van der Waals surface area contributed by atoms with Gasteiger partial charge in [-0.1, -0.05) is 25.5 Å². The van der Waals surface area contributed by atoms with Crippen LogP contribution in [0.5, 0.6) is 0 Å². The Morgan fingerprint density at radius 1 is 0.895 bits per heavy atom. The van der Waals surface area contributed by atoms with E-state index in [1.807, 2.05) is 0 Å². The summed E-state index contributed by atoms with van der Waals surface area (Å²) < 4.78 is 2.23. The Morgan fingerprint density at radius 2 is 1.53 bits per heavy atom. The van der Waals surface area contributed by atoms with Crippen LogP contribution in [0, 0.1) is 0 Å². The zero-order valence-electron chi connectivity index (χ0n) is 12.1. The van der Waals surface area contributed by atoms with Gasteiger partial charge in [-0.15, -0.1) is 0 Å². The van der Waals surface area contributed by atoms with E-state index < -0.39 is 0 Å². The molecule has 1 aromatic carbocycles. The topological polar surface area (TPSA) is 7.12 Å². The molecule has 0 atom stereocenters. The van der Waals surface area contributed by atoms with Gasteiger partial charge in [0.15, 0.2) is 18.9 Å². The van der Waals surface area contributed by atoms with Crippen LogP contribution in [-0.4, -0.2) is 14.1 Å². The molecule has 0 radical (unpaired) electrons. The highest BCUT2D eigenvalue weighted by atomic mass is 15.1. The summed E-state index contributed by atoms with van der Waals surface area (Å²) in [5, 5.41) is 0. The highest BCUT2D eigenvalue weighted by Crippen LogP contribution is 2.12. The molecule has 2 heteroatoms. The SMILES string of the molecule is CCCc1cc[n+](Cc2ccc(N(C)C)cc2)cc1. The van der Waals surface area contributed by atoms with Crippen molar-refractivity contribution in [2.75, 3.05) is 19.0 Å².